The molecule has 0 spiro atoms. The Balaban J connectivity index is 1.48. The zero-order chi connectivity index (χ0) is 15.6. The summed E-state index contributed by atoms with van der Waals surface area (Å²) in [6, 6.07) is 0. The van der Waals surface area contributed by atoms with Gasteiger partial charge in [-0.25, -0.2) is 4.98 Å². The summed E-state index contributed by atoms with van der Waals surface area (Å²) in [6.07, 6.45) is 9.26. The number of likely N-dealkylation sites (tertiary alicyclic amines) is 1. The smallest absolute Gasteiger partial charge is 0.180 e. The summed E-state index contributed by atoms with van der Waals surface area (Å²) < 4.78 is 2.41. The van der Waals surface area contributed by atoms with Crippen molar-refractivity contribution >= 4 is 16.5 Å². The van der Waals surface area contributed by atoms with Gasteiger partial charge >= 0.3 is 0 Å². The van der Waals surface area contributed by atoms with E-state index >= 15 is 0 Å². The second-order valence-corrected chi connectivity index (χ2v) is 7.82. The molecule has 0 saturated carbocycles. The first kappa shape index (κ1) is 15.1. The molecular weight excluding hydrogens is 308 g/mol. The summed E-state index contributed by atoms with van der Waals surface area (Å²) in [7, 11) is 0. The molecule has 7 heteroatoms. The molecule has 1 saturated heterocycles. The van der Waals surface area contributed by atoms with Gasteiger partial charge in [-0.05, 0) is 32.2 Å². The van der Waals surface area contributed by atoms with Crippen LogP contribution in [0.15, 0.2) is 6.20 Å². The molecule has 23 heavy (non-hydrogen) atoms. The molecule has 0 aromatic carbocycles. The summed E-state index contributed by atoms with van der Waals surface area (Å²) in [5.74, 6) is 2.92. The van der Waals surface area contributed by atoms with Crippen LogP contribution in [-0.2, 0) is 19.5 Å². The van der Waals surface area contributed by atoms with E-state index in [2.05, 4.69) is 24.6 Å². The second-order valence-electron chi connectivity index (χ2n) is 6.68. The zero-order valence-corrected chi connectivity index (χ0v) is 14.3. The summed E-state index contributed by atoms with van der Waals surface area (Å²) in [5, 5.41) is 9.70. The Kier molecular flexibility index (Phi) is 4.31. The van der Waals surface area contributed by atoms with Crippen LogP contribution < -0.4 is 5.73 Å². The minimum absolute atomic E-state index is 0.508. The Labute approximate surface area is 140 Å². The minimum Gasteiger partial charge on any atom is -0.375 e. The maximum absolute atomic E-state index is 5.75. The zero-order valence-electron chi connectivity index (χ0n) is 13.4. The number of piperidine rings is 1. The van der Waals surface area contributed by atoms with Gasteiger partial charge < -0.3 is 10.3 Å². The van der Waals surface area contributed by atoms with Crippen LogP contribution in [0.2, 0.25) is 0 Å². The number of anilines is 1. The van der Waals surface area contributed by atoms with E-state index < -0.39 is 0 Å². The van der Waals surface area contributed by atoms with Crippen molar-refractivity contribution in [1.29, 1.82) is 0 Å². The van der Waals surface area contributed by atoms with E-state index in [9.17, 15) is 0 Å². The molecule has 0 aliphatic carbocycles. The van der Waals surface area contributed by atoms with Gasteiger partial charge in [0.05, 0.1) is 0 Å². The van der Waals surface area contributed by atoms with Crippen LogP contribution in [0.1, 0.15) is 54.5 Å². The minimum atomic E-state index is 0.508. The molecule has 0 bridgehead atoms. The van der Waals surface area contributed by atoms with Crippen LogP contribution in [0.25, 0.3) is 0 Å². The van der Waals surface area contributed by atoms with Gasteiger partial charge in [-0.1, -0.05) is 6.42 Å². The summed E-state index contributed by atoms with van der Waals surface area (Å²) in [4.78, 5) is 7.93. The van der Waals surface area contributed by atoms with Gasteiger partial charge in [-0.15, -0.1) is 21.5 Å². The van der Waals surface area contributed by atoms with Crippen LogP contribution >= 0.6 is 11.3 Å². The van der Waals surface area contributed by atoms with Crippen molar-refractivity contribution in [2.75, 3.05) is 18.8 Å². The third kappa shape index (κ3) is 3.26. The SMILES string of the molecule is Nc1ncc(CN2CCCC(c3nnc4n3CCCCC4)C2)s1. The highest BCUT2D eigenvalue weighted by atomic mass is 32.1. The Morgan fingerprint density at radius 3 is 3.00 bits per heavy atom. The molecule has 1 atom stereocenters. The lowest BCUT2D eigenvalue weighted by molar-refractivity contribution is 0.195. The molecule has 0 radical (unpaired) electrons. The number of nitrogens with zero attached hydrogens (tertiary/aromatic N) is 5. The van der Waals surface area contributed by atoms with E-state index in [1.165, 1.54) is 48.6 Å². The molecule has 2 aromatic rings. The van der Waals surface area contributed by atoms with E-state index in [4.69, 9.17) is 5.73 Å². The van der Waals surface area contributed by atoms with Crippen LogP contribution in [0.4, 0.5) is 5.13 Å². The van der Waals surface area contributed by atoms with Gasteiger partial charge in [0.1, 0.15) is 11.6 Å². The van der Waals surface area contributed by atoms with Crippen LogP contribution in [0.3, 0.4) is 0 Å². The van der Waals surface area contributed by atoms with Gasteiger partial charge in [0.15, 0.2) is 5.13 Å². The molecule has 124 valence electrons. The molecule has 1 fully saturated rings. The molecule has 0 amide bonds. The predicted molar refractivity (Wildman–Crippen MR) is 91.4 cm³/mol. The molecule has 6 nitrogen and oxygen atoms in total. The molecule has 2 aromatic heterocycles. The number of fused-ring (bicyclic) bond motifs is 1. The van der Waals surface area contributed by atoms with E-state index in [0.29, 0.717) is 11.0 Å². The van der Waals surface area contributed by atoms with Crippen LogP contribution in [-0.4, -0.2) is 37.7 Å². The topological polar surface area (TPSA) is 72.9 Å². The first-order valence-corrected chi connectivity index (χ1v) is 9.46. The van der Waals surface area contributed by atoms with E-state index in [1.807, 2.05) is 6.20 Å². The number of nitrogens with two attached hydrogens (primary N) is 1. The Bertz CT molecular complexity index is 663. The number of aryl methyl sites for hydroxylation is 1. The van der Waals surface area contributed by atoms with Gasteiger partial charge in [0.2, 0.25) is 0 Å². The van der Waals surface area contributed by atoms with Crippen molar-refractivity contribution in [3.05, 3.63) is 22.7 Å². The standard InChI is InChI=1S/C16H24N6S/c17-16-18-9-13(23-16)11-21-7-4-5-12(10-21)15-20-19-14-6-2-1-3-8-22(14)15/h9,12H,1-8,10-11H2,(H2,17,18). The average Bonchev–Trinajstić information content (AvgIpc) is 3.07. The van der Waals surface area contributed by atoms with Crippen molar-refractivity contribution in [3.8, 4) is 0 Å². The number of aromatic nitrogens is 4. The first-order valence-electron chi connectivity index (χ1n) is 8.64. The fourth-order valence-electron chi connectivity index (χ4n) is 3.84. The monoisotopic (exact) mass is 332 g/mol. The number of nitrogen functional groups attached to an aromatic ring is 1. The quantitative estimate of drug-likeness (QED) is 0.934. The average molecular weight is 332 g/mol. The first-order chi connectivity index (χ1) is 11.3. The highest BCUT2D eigenvalue weighted by Gasteiger charge is 2.27. The van der Waals surface area contributed by atoms with Crippen LogP contribution in [0, 0.1) is 0 Å². The van der Waals surface area contributed by atoms with E-state index in [0.717, 1.165) is 32.6 Å². The van der Waals surface area contributed by atoms with E-state index in [1.54, 1.807) is 11.3 Å². The molecule has 4 rings (SSSR count). The molecule has 4 heterocycles. The lowest BCUT2D eigenvalue weighted by Gasteiger charge is -2.32. The van der Waals surface area contributed by atoms with Crippen molar-refractivity contribution in [1.82, 2.24) is 24.6 Å². The number of rotatable bonds is 3. The van der Waals surface area contributed by atoms with Gasteiger partial charge in [0.25, 0.3) is 0 Å². The Morgan fingerprint density at radius 2 is 2.13 bits per heavy atom. The van der Waals surface area contributed by atoms with Gasteiger partial charge in [-0.2, -0.15) is 0 Å². The van der Waals surface area contributed by atoms with Crippen molar-refractivity contribution in [3.63, 3.8) is 0 Å². The number of hydrogen-bond donors (Lipinski definition) is 1. The molecular formula is C16H24N6S. The summed E-state index contributed by atoms with van der Waals surface area (Å²) in [5.41, 5.74) is 5.75. The predicted octanol–water partition coefficient (Wildman–Crippen LogP) is 2.42. The summed E-state index contributed by atoms with van der Waals surface area (Å²) in [6.45, 7) is 4.26. The lowest BCUT2D eigenvalue weighted by Crippen LogP contribution is -2.34. The van der Waals surface area contributed by atoms with Gasteiger partial charge in [-0.3, -0.25) is 4.90 Å². The lowest BCUT2D eigenvalue weighted by atomic mass is 9.97. The normalized spacial score (nSPS) is 22.7. The second kappa shape index (κ2) is 6.57. The number of hydrogen-bond acceptors (Lipinski definition) is 6. The Hall–Kier alpha value is -1.47. The van der Waals surface area contributed by atoms with E-state index in [-0.39, 0.29) is 0 Å². The highest BCUT2D eigenvalue weighted by molar-refractivity contribution is 7.15. The molecule has 2 aliphatic heterocycles. The van der Waals surface area contributed by atoms with Gasteiger partial charge in [0, 0.05) is 43.0 Å². The van der Waals surface area contributed by atoms with Crippen molar-refractivity contribution in [2.45, 2.75) is 57.5 Å². The molecule has 2 aliphatic rings. The molecule has 2 N–H and O–H groups in total. The fourth-order valence-corrected chi connectivity index (χ4v) is 4.56. The van der Waals surface area contributed by atoms with Crippen LogP contribution in [0.5, 0.6) is 0 Å². The number of thiazole rings is 1. The largest absolute Gasteiger partial charge is 0.375 e. The van der Waals surface area contributed by atoms with Crippen molar-refractivity contribution in [2.24, 2.45) is 0 Å². The third-order valence-corrected chi connectivity index (χ3v) is 5.77. The molecule has 1 unspecified atom stereocenters. The maximum Gasteiger partial charge on any atom is 0.180 e. The fraction of sp³-hybridized carbons (Fsp3) is 0.688. The highest BCUT2D eigenvalue weighted by Crippen LogP contribution is 2.29. The van der Waals surface area contributed by atoms with Crippen molar-refractivity contribution < 1.29 is 0 Å². The Morgan fingerprint density at radius 1 is 1.17 bits per heavy atom. The summed E-state index contributed by atoms with van der Waals surface area (Å²) >= 11 is 1.60. The third-order valence-electron chi connectivity index (χ3n) is 4.96. The maximum atomic E-state index is 5.75.